The predicted octanol–water partition coefficient (Wildman–Crippen LogP) is 1.13. The van der Waals surface area contributed by atoms with Gasteiger partial charge >= 0.3 is 0 Å². The van der Waals surface area contributed by atoms with E-state index in [0.29, 0.717) is 12.3 Å². The highest BCUT2D eigenvalue weighted by Crippen LogP contribution is 2.27. The summed E-state index contributed by atoms with van der Waals surface area (Å²) < 4.78 is 29.9. The molecule has 1 unspecified atom stereocenters. The van der Waals surface area contributed by atoms with Gasteiger partial charge in [0.05, 0.1) is 0 Å². The summed E-state index contributed by atoms with van der Waals surface area (Å²) >= 11 is 0. The van der Waals surface area contributed by atoms with Crippen LogP contribution in [0, 0.1) is 5.92 Å². The Morgan fingerprint density at radius 2 is 1.85 bits per heavy atom. The van der Waals surface area contributed by atoms with Gasteiger partial charge in [0, 0.05) is 0 Å². The highest BCUT2D eigenvalue weighted by atomic mass is 32.2. The Hall–Kier alpha value is -0.130. The van der Waals surface area contributed by atoms with Crippen molar-refractivity contribution in [3.63, 3.8) is 0 Å². The maximum Gasteiger partial charge on any atom is 0.280 e. The second kappa shape index (κ2) is 4.39. The Morgan fingerprint density at radius 1 is 1.31 bits per heavy atom. The molecule has 1 atom stereocenters. The Bertz CT molecular complexity index is 244. The van der Waals surface area contributed by atoms with Crippen molar-refractivity contribution in [2.24, 2.45) is 11.7 Å². The molecule has 1 saturated carbocycles. The average Bonchev–Trinajstić information content (AvgIpc) is 2.04. The molecule has 0 amide bonds. The van der Waals surface area contributed by atoms with Gasteiger partial charge in [0.25, 0.3) is 10.1 Å². The van der Waals surface area contributed by atoms with E-state index in [1.54, 1.807) is 0 Å². The van der Waals surface area contributed by atoms with Crippen LogP contribution in [0.5, 0.6) is 0 Å². The fraction of sp³-hybridized carbons (Fsp3) is 1.00. The fourth-order valence-electron chi connectivity index (χ4n) is 1.87. The molecule has 1 rings (SSSR count). The van der Waals surface area contributed by atoms with Gasteiger partial charge < -0.3 is 5.73 Å². The first-order chi connectivity index (χ1) is 6.00. The largest absolute Gasteiger partial charge is 0.313 e. The van der Waals surface area contributed by atoms with Crippen LogP contribution in [0.1, 0.15) is 38.5 Å². The van der Waals surface area contributed by atoms with Crippen molar-refractivity contribution in [1.82, 2.24) is 0 Å². The molecular weight excluding hydrogens is 190 g/mol. The SMILES string of the molecule is NC(CC1CCCCC1)S(=O)(=O)O. The molecule has 4 nitrogen and oxygen atoms in total. The Morgan fingerprint density at radius 3 is 2.31 bits per heavy atom. The normalized spacial score (nSPS) is 22.9. The number of rotatable bonds is 3. The van der Waals surface area contributed by atoms with Crippen molar-refractivity contribution in [2.75, 3.05) is 0 Å². The van der Waals surface area contributed by atoms with Crippen molar-refractivity contribution in [3.05, 3.63) is 0 Å². The molecule has 0 aliphatic heterocycles. The molecule has 0 aromatic rings. The number of hydrogen-bond acceptors (Lipinski definition) is 3. The molecule has 1 aliphatic carbocycles. The van der Waals surface area contributed by atoms with Crippen LogP contribution in [-0.4, -0.2) is 18.3 Å². The third-order valence-electron chi connectivity index (χ3n) is 2.67. The van der Waals surface area contributed by atoms with E-state index < -0.39 is 15.5 Å². The van der Waals surface area contributed by atoms with Gasteiger partial charge in [0.1, 0.15) is 5.37 Å². The van der Waals surface area contributed by atoms with Gasteiger partial charge in [-0.1, -0.05) is 32.1 Å². The summed E-state index contributed by atoms with van der Waals surface area (Å²) in [5.41, 5.74) is 5.34. The van der Waals surface area contributed by atoms with Gasteiger partial charge in [-0.05, 0) is 12.3 Å². The monoisotopic (exact) mass is 207 g/mol. The number of hydrogen-bond donors (Lipinski definition) is 2. The van der Waals surface area contributed by atoms with Crippen molar-refractivity contribution in [2.45, 2.75) is 43.9 Å². The van der Waals surface area contributed by atoms with E-state index in [1.165, 1.54) is 6.42 Å². The van der Waals surface area contributed by atoms with Crippen molar-refractivity contribution >= 4 is 10.1 Å². The van der Waals surface area contributed by atoms with Crippen LogP contribution in [-0.2, 0) is 10.1 Å². The average molecular weight is 207 g/mol. The first kappa shape index (κ1) is 10.9. The maximum absolute atomic E-state index is 10.6. The van der Waals surface area contributed by atoms with Gasteiger partial charge in [-0.2, -0.15) is 8.42 Å². The molecule has 0 spiro atoms. The van der Waals surface area contributed by atoms with Crippen LogP contribution in [0.15, 0.2) is 0 Å². The summed E-state index contributed by atoms with van der Waals surface area (Å²) in [4.78, 5) is 0. The fourth-order valence-corrected chi connectivity index (χ4v) is 2.39. The van der Waals surface area contributed by atoms with E-state index >= 15 is 0 Å². The molecule has 0 heterocycles. The van der Waals surface area contributed by atoms with Crippen LogP contribution in [0.4, 0.5) is 0 Å². The van der Waals surface area contributed by atoms with Crippen molar-refractivity contribution < 1.29 is 13.0 Å². The Kier molecular flexibility index (Phi) is 3.70. The minimum absolute atomic E-state index is 0.380. The number of nitrogens with two attached hydrogens (primary N) is 1. The molecule has 5 heteroatoms. The van der Waals surface area contributed by atoms with Crippen LogP contribution >= 0.6 is 0 Å². The van der Waals surface area contributed by atoms with Gasteiger partial charge in [0.2, 0.25) is 0 Å². The van der Waals surface area contributed by atoms with E-state index in [2.05, 4.69) is 0 Å². The molecule has 78 valence electrons. The van der Waals surface area contributed by atoms with E-state index in [-0.39, 0.29) is 0 Å². The smallest absolute Gasteiger partial charge is 0.280 e. The lowest BCUT2D eigenvalue weighted by atomic mass is 9.87. The predicted molar refractivity (Wildman–Crippen MR) is 50.7 cm³/mol. The zero-order chi connectivity index (χ0) is 9.90. The van der Waals surface area contributed by atoms with Crippen molar-refractivity contribution in [3.8, 4) is 0 Å². The standard InChI is InChI=1S/C8H17NO3S/c9-8(13(10,11)12)6-7-4-2-1-3-5-7/h7-8H,1-6,9H2,(H,10,11,12). The summed E-state index contributed by atoms with van der Waals surface area (Å²) in [6.07, 6.45) is 6.04. The summed E-state index contributed by atoms with van der Waals surface area (Å²) in [5, 5.41) is -1.09. The molecule has 0 radical (unpaired) electrons. The van der Waals surface area contributed by atoms with E-state index in [1.807, 2.05) is 0 Å². The Balaban J connectivity index is 2.39. The van der Waals surface area contributed by atoms with Crippen LogP contribution in [0.25, 0.3) is 0 Å². The first-order valence-electron chi connectivity index (χ1n) is 4.72. The molecule has 13 heavy (non-hydrogen) atoms. The molecule has 0 bridgehead atoms. The molecule has 0 aromatic carbocycles. The minimum Gasteiger partial charge on any atom is -0.313 e. The molecule has 1 fully saturated rings. The Labute approximate surface area is 79.3 Å². The van der Waals surface area contributed by atoms with Crippen LogP contribution in [0.2, 0.25) is 0 Å². The van der Waals surface area contributed by atoms with Gasteiger partial charge in [-0.25, -0.2) is 0 Å². The van der Waals surface area contributed by atoms with Gasteiger partial charge in [-0.3, -0.25) is 4.55 Å². The van der Waals surface area contributed by atoms with Crippen LogP contribution in [0.3, 0.4) is 0 Å². The highest BCUT2D eigenvalue weighted by molar-refractivity contribution is 7.86. The van der Waals surface area contributed by atoms with Gasteiger partial charge in [-0.15, -0.1) is 0 Å². The molecule has 0 saturated heterocycles. The summed E-state index contributed by atoms with van der Waals surface area (Å²) in [7, 11) is -4.02. The third kappa shape index (κ3) is 3.62. The quantitative estimate of drug-likeness (QED) is 0.680. The van der Waals surface area contributed by atoms with Crippen molar-refractivity contribution in [1.29, 1.82) is 0 Å². The molecule has 0 aromatic heterocycles. The lowest BCUT2D eigenvalue weighted by molar-refractivity contribution is 0.328. The minimum atomic E-state index is -4.02. The second-order valence-corrected chi connectivity index (χ2v) is 5.43. The lowest BCUT2D eigenvalue weighted by Gasteiger charge is -2.23. The summed E-state index contributed by atoms with van der Waals surface area (Å²) in [6.45, 7) is 0. The topological polar surface area (TPSA) is 80.4 Å². The zero-order valence-electron chi connectivity index (χ0n) is 7.65. The zero-order valence-corrected chi connectivity index (χ0v) is 8.46. The highest BCUT2D eigenvalue weighted by Gasteiger charge is 2.23. The molecule has 1 aliphatic rings. The maximum atomic E-state index is 10.6. The lowest BCUT2D eigenvalue weighted by Crippen LogP contribution is -2.32. The van der Waals surface area contributed by atoms with Gasteiger partial charge in [0.15, 0.2) is 0 Å². The van der Waals surface area contributed by atoms with Crippen LogP contribution < -0.4 is 5.73 Å². The molecule has 3 N–H and O–H groups in total. The second-order valence-electron chi connectivity index (χ2n) is 3.79. The first-order valence-corrected chi connectivity index (χ1v) is 6.22. The van der Waals surface area contributed by atoms with E-state index in [4.69, 9.17) is 10.3 Å². The summed E-state index contributed by atoms with van der Waals surface area (Å²) in [5.74, 6) is 0.380. The van der Waals surface area contributed by atoms with E-state index in [9.17, 15) is 8.42 Å². The molecular formula is C8H17NO3S. The van der Waals surface area contributed by atoms with E-state index in [0.717, 1.165) is 25.7 Å². The summed E-state index contributed by atoms with van der Waals surface area (Å²) in [6, 6.07) is 0. The third-order valence-corrected chi connectivity index (χ3v) is 3.63.